The predicted molar refractivity (Wildman–Crippen MR) is 89.1 cm³/mol. The van der Waals surface area contributed by atoms with Crippen molar-refractivity contribution >= 4 is 5.65 Å². The summed E-state index contributed by atoms with van der Waals surface area (Å²) in [6.07, 6.45) is 11.9. The Kier molecular flexibility index (Phi) is 3.22. The molecule has 1 aliphatic carbocycles. The lowest BCUT2D eigenvalue weighted by atomic mass is 10.2. The lowest BCUT2D eigenvalue weighted by Crippen LogP contribution is -2.36. The van der Waals surface area contributed by atoms with Crippen LogP contribution >= 0.6 is 0 Å². The lowest BCUT2D eigenvalue weighted by molar-refractivity contribution is 0.255. The van der Waals surface area contributed by atoms with Gasteiger partial charge in [-0.1, -0.05) is 0 Å². The van der Waals surface area contributed by atoms with Gasteiger partial charge in [0.05, 0.1) is 30.2 Å². The monoisotopic (exact) mass is 338 g/mol. The topological polar surface area (TPSA) is 95.5 Å². The number of hydrogen-bond donors (Lipinski definition) is 3. The molecule has 3 N–H and O–H groups in total. The first kappa shape index (κ1) is 14.4. The van der Waals surface area contributed by atoms with Crippen molar-refractivity contribution in [3.8, 4) is 5.69 Å². The van der Waals surface area contributed by atoms with Gasteiger partial charge in [0.25, 0.3) is 0 Å². The second-order valence-electron chi connectivity index (χ2n) is 6.44. The lowest BCUT2D eigenvalue weighted by Gasteiger charge is -2.12. The van der Waals surface area contributed by atoms with E-state index in [9.17, 15) is 0 Å². The van der Waals surface area contributed by atoms with Gasteiger partial charge < -0.3 is 14.9 Å². The van der Waals surface area contributed by atoms with Crippen LogP contribution in [0.1, 0.15) is 30.0 Å². The van der Waals surface area contributed by atoms with E-state index in [4.69, 9.17) is 10.1 Å². The molecule has 128 valence electrons. The molecule has 1 fully saturated rings. The standard InChI is InChI=1S/C16H18N8O/c25-8-14-7-24(21-20-14)6-13-5-22-4-12(11-1-2-11)3-15(16(22)19-13)23-9-17-18-10-23/h3-5,7,9-11,20-21,25H,1-2,6,8H2. The molecule has 3 aromatic rings. The molecule has 9 heteroatoms. The van der Waals surface area contributed by atoms with E-state index in [0.29, 0.717) is 12.5 Å². The smallest absolute Gasteiger partial charge is 0.161 e. The Morgan fingerprint density at radius 1 is 1.20 bits per heavy atom. The third kappa shape index (κ3) is 2.63. The molecule has 1 aliphatic heterocycles. The van der Waals surface area contributed by atoms with Crippen molar-refractivity contribution in [3.63, 3.8) is 0 Å². The average molecular weight is 338 g/mol. The van der Waals surface area contributed by atoms with Crippen LogP contribution in [0.15, 0.2) is 43.0 Å². The molecule has 0 spiro atoms. The Hall–Kier alpha value is -2.91. The van der Waals surface area contributed by atoms with E-state index >= 15 is 0 Å². The summed E-state index contributed by atoms with van der Waals surface area (Å²) in [5, 5.41) is 18.9. The molecule has 25 heavy (non-hydrogen) atoms. The molecule has 2 aliphatic rings. The minimum atomic E-state index is -0.0306. The fourth-order valence-electron chi connectivity index (χ4n) is 3.12. The van der Waals surface area contributed by atoms with Crippen LogP contribution in [0, 0.1) is 0 Å². The minimum absolute atomic E-state index is 0.0306. The summed E-state index contributed by atoms with van der Waals surface area (Å²) in [6.45, 7) is 0.551. The first-order valence-corrected chi connectivity index (χ1v) is 8.26. The Labute approximate surface area is 143 Å². The van der Waals surface area contributed by atoms with E-state index in [1.165, 1.54) is 18.4 Å². The van der Waals surface area contributed by atoms with E-state index in [1.807, 2.05) is 22.0 Å². The number of imidazole rings is 1. The SMILES string of the molecule is OCC1=CN(Cc2cn3cc(C4CC4)cc(-n4cnnc4)c3n2)NN1. The summed E-state index contributed by atoms with van der Waals surface area (Å²) in [6, 6.07) is 2.19. The van der Waals surface area contributed by atoms with E-state index in [-0.39, 0.29) is 6.61 Å². The molecule has 0 aromatic carbocycles. The minimum Gasteiger partial charge on any atom is -0.390 e. The van der Waals surface area contributed by atoms with Gasteiger partial charge in [0.2, 0.25) is 0 Å². The highest BCUT2D eigenvalue weighted by molar-refractivity contribution is 5.61. The highest BCUT2D eigenvalue weighted by atomic mass is 16.3. The Bertz CT molecular complexity index is 941. The maximum atomic E-state index is 9.16. The van der Waals surface area contributed by atoms with Crippen LogP contribution in [0.4, 0.5) is 0 Å². The maximum absolute atomic E-state index is 9.16. The third-order valence-corrected chi connectivity index (χ3v) is 4.52. The van der Waals surface area contributed by atoms with Crippen LogP contribution < -0.4 is 11.0 Å². The fourth-order valence-corrected chi connectivity index (χ4v) is 3.12. The van der Waals surface area contributed by atoms with Crippen LogP contribution in [0.25, 0.3) is 11.3 Å². The fraction of sp³-hybridized carbons (Fsp3) is 0.312. The molecule has 3 aromatic heterocycles. The molecule has 1 saturated carbocycles. The van der Waals surface area contributed by atoms with Crippen LogP contribution in [0.5, 0.6) is 0 Å². The van der Waals surface area contributed by atoms with E-state index in [0.717, 1.165) is 22.7 Å². The average Bonchev–Trinajstić information content (AvgIpc) is 3.03. The number of aromatic nitrogens is 5. The second kappa shape index (κ2) is 5.57. The van der Waals surface area contributed by atoms with Gasteiger partial charge >= 0.3 is 0 Å². The number of rotatable bonds is 5. The van der Waals surface area contributed by atoms with Crippen LogP contribution in [0.3, 0.4) is 0 Å². The molecule has 5 rings (SSSR count). The van der Waals surface area contributed by atoms with Gasteiger partial charge in [0.1, 0.15) is 12.7 Å². The summed E-state index contributed by atoms with van der Waals surface area (Å²) in [5.74, 6) is 0.643. The summed E-state index contributed by atoms with van der Waals surface area (Å²) in [7, 11) is 0. The molecule has 0 bridgehead atoms. The highest BCUT2D eigenvalue weighted by Crippen LogP contribution is 2.41. The number of pyridine rings is 1. The van der Waals surface area contributed by atoms with Crippen molar-refractivity contribution in [3.05, 3.63) is 54.3 Å². The third-order valence-electron chi connectivity index (χ3n) is 4.52. The van der Waals surface area contributed by atoms with Gasteiger partial charge in [-0.05, 0) is 30.4 Å². The number of aliphatic hydroxyl groups is 1. The number of hydrazine groups is 2. The Morgan fingerprint density at radius 3 is 2.76 bits per heavy atom. The summed E-state index contributed by atoms with van der Waals surface area (Å²) < 4.78 is 3.98. The van der Waals surface area contributed by atoms with Crippen molar-refractivity contribution in [1.29, 1.82) is 0 Å². The van der Waals surface area contributed by atoms with Crippen LogP contribution in [-0.4, -0.2) is 40.9 Å². The van der Waals surface area contributed by atoms with Gasteiger partial charge in [-0.3, -0.25) is 9.58 Å². The Morgan fingerprint density at radius 2 is 2.04 bits per heavy atom. The zero-order valence-corrected chi connectivity index (χ0v) is 13.5. The van der Waals surface area contributed by atoms with Gasteiger partial charge in [-0.25, -0.2) is 4.98 Å². The van der Waals surface area contributed by atoms with Crippen LogP contribution in [0.2, 0.25) is 0 Å². The first-order chi connectivity index (χ1) is 12.3. The normalized spacial score (nSPS) is 17.2. The van der Waals surface area contributed by atoms with Gasteiger partial charge in [-0.15, -0.1) is 15.7 Å². The van der Waals surface area contributed by atoms with Gasteiger partial charge in [-0.2, -0.15) is 0 Å². The van der Waals surface area contributed by atoms with E-state index in [2.05, 4.69) is 37.8 Å². The summed E-state index contributed by atoms with van der Waals surface area (Å²) in [5.41, 5.74) is 10.7. The quantitative estimate of drug-likeness (QED) is 0.622. The Balaban J connectivity index is 1.54. The largest absolute Gasteiger partial charge is 0.390 e. The molecule has 4 heterocycles. The molecule has 0 radical (unpaired) electrons. The summed E-state index contributed by atoms with van der Waals surface area (Å²) in [4.78, 5) is 4.79. The number of nitrogens with zero attached hydrogens (tertiary/aromatic N) is 6. The van der Waals surface area contributed by atoms with E-state index in [1.54, 1.807) is 12.7 Å². The van der Waals surface area contributed by atoms with Gasteiger partial charge in [0.15, 0.2) is 5.65 Å². The number of hydrogen-bond acceptors (Lipinski definition) is 7. The van der Waals surface area contributed by atoms with E-state index < -0.39 is 0 Å². The summed E-state index contributed by atoms with van der Waals surface area (Å²) >= 11 is 0. The van der Waals surface area contributed by atoms with Crippen molar-refractivity contribution in [2.75, 3.05) is 6.61 Å². The zero-order chi connectivity index (χ0) is 16.8. The molecule has 0 saturated heterocycles. The zero-order valence-electron chi connectivity index (χ0n) is 13.5. The number of fused-ring (bicyclic) bond motifs is 1. The van der Waals surface area contributed by atoms with Gasteiger partial charge in [0, 0.05) is 18.6 Å². The second-order valence-corrected chi connectivity index (χ2v) is 6.44. The van der Waals surface area contributed by atoms with Crippen LogP contribution in [-0.2, 0) is 6.54 Å². The maximum Gasteiger partial charge on any atom is 0.161 e. The number of aliphatic hydroxyl groups excluding tert-OH is 1. The predicted octanol–water partition coefficient (Wildman–Crippen LogP) is 0.451. The molecular weight excluding hydrogens is 320 g/mol. The number of nitrogens with one attached hydrogen (secondary N) is 2. The van der Waals surface area contributed by atoms with Crippen molar-refractivity contribution < 1.29 is 5.11 Å². The van der Waals surface area contributed by atoms with Crippen molar-refractivity contribution in [2.45, 2.75) is 25.3 Å². The highest BCUT2D eigenvalue weighted by Gasteiger charge is 2.25. The molecule has 0 amide bonds. The van der Waals surface area contributed by atoms with Crippen molar-refractivity contribution in [2.24, 2.45) is 0 Å². The molecule has 0 unspecified atom stereocenters. The molecule has 9 nitrogen and oxygen atoms in total. The molecular formula is C16H18N8O. The molecule has 0 atom stereocenters. The van der Waals surface area contributed by atoms with Crippen molar-refractivity contribution in [1.82, 2.24) is 40.1 Å². The first-order valence-electron chi connectivity index (χ1n) is 8.26.